The molecule has 0 radical (unpaired) electrons. The van der Waals surface area contributed by atoms with Crippen LogP contribution in [0.5, 0.6) is 11.5 Å². The van der Waals surface area contributed by atoms with Gasteiger partial charge < -0.3 is 14.2 Å². The average Bonchev–Trinajstić information content (AvgIpc) is 3.06. The van der Waals surface area contributed by atoms with Crippen molar-refractivity contribution < 1.29 is 50.1 Å². The monoisotopic (exact) mass is 685 g/mol. The van der Waals surface area contributed by atoms with Gasteiger partial charge in [0.1, 0.15) is 24.0 Å². The third kappa shape index (κ3) is 13.0. The standard InChI is InChI=1S/C37H33F6NO5/c1-2-29(17-15-28(23-38)27-16-20-34(33(40)21-27)49-37(41,42)43)47-35(45)9-7-5-3-4-6-8-10-36(46)48-30-18-19-31(32(39)22-30)26-13-11-25(24-44)12-14-26/h2,11-22H,1,3-10,23H2/b28-15+,29-17+. The Kier molecular flexibility index (Phi) is 14.7. The quantitative estimate of drug-likeness (QED) is 0.0351. The Balaban J connectivity index is 1.33. The highest BCUT2D eigenvalue weighted by atomic mass is 19.4. The van der Waals surface area contributed by atoms with E-state index in [1.807, 2.05) is 6.07 Å². The van der Waals surface area contributed by atoms with Gasteiger partial charge in [0, 0.05) is 24.5 Å². The van der Waals surface area contributed by atoms with Crippen LogP contribution in [0.1, 0.15) is 62.5 Å². The molecule has 0 saturated carbocycles. The minimum atomic E-state index is -5.08. The maximum Gasteiger partial charge on any atom is 0.573 e. The van der Waals surface area contributed by atoms with Gasteiger partial charge in [-0.2, -0.15) is 5.26 Å². The summed E-state index contributed by atoms with van der Waals surface area (Å²) in [5.74, 6) is -3.85. The number of nitriles is 1. The molecule has 6 nitrogen and oxygen atoms in total. The zero-order valence-electron chi connectivity index (χ0n) is 26.3. The topological polar surface area (TPSA) is 85.6 Å². The Labute approximate surface area is 279 Å². The zero-order chi connectivity index (χ0) is 35.8. The lowest BCUT2D eigenvalue weighted by Crippen LogP contribution is -2.18. The highest BCUT2D eigenvalue weighted by molar-refractivity contribution is 5.73. The van der Waals surface area contributed by atoms with E-state index in [4.69, 9.17) is 14.7 Å². The minimum absolute atomic E-state index is 0.00492. The molecule has 0 heterocycles. The van der Waals surface area contributed by atoms with E-state index in [9.17, 15) is 35.9 Å². The number of hydrogen-bond donors (Lipinski definition) is 0. The lowest BCUT2D eigenvalue weighted by molar-refractivity contribution is -0.275. The van der Waals surface area contributed by atoms with E-state index in [-0.39, 0.29) is 35.5 Å². The second-order valence-corrected chi connectivity index (χ2v) is 10.7. The fourth-order valence-corrected chi connectivity index (χ4v) is 4.58. The number of alkyl halides is 4. The third-order valence-electron chi connectivity index (χ3n) is 7.06. The van der Waals surface area contributed by atoms with Crippen molar-refractivity contribution >= 4 is 17.5 Å². The van der Waals surface area contributed by atoms with Crippen molar-refractivity contribution in [2.24, 2.45) is 0 Å². The molecule has 0 aliphatic heterocycles. The Morgan fingerprint density at radius 1 is 0.816 bits per heavy atom. The number of rotatable bonds is 17. The zero-order valence-corrected chi connectivity index (χ0v) is 26.3. The molecule has 0 bridgehead atoms. The Morgan fingerprint density at radius 3 is 2.04 bits per heavy atom. The van der Waals surface area contributed by atoms with Gasteiger partial charge in [-0.1, -0.05) is 56.5 Å². The summed E-state index contributed by atoms with van der Waals surface area (Å²) < 4.78 is 93.3. The van der Waals surface area contributed by atoms with Crippen molar-refractivity contribution in [1.82, 2.24) is 0 Å². The summed E-state index contributed by atoms with van der Waals surface area (Å²) in [5.41, 5.74) is 1.27. The average molecular weight is 686 g/mol. The van der Waals surface area contributed by atoms with Crippen LogP contribution < -0.4 is 9.47 Å². The van der Waals surface area contributed by atoms with Gasteiger partial charge in [-0.05, 0) is 78.1 Å². The number of carbonyl (C=O) groups excluding carboxylic acids is 2. The largest absolute Gasteiger partial charge is 0.573 e. The van der Waals surface area contributed by atoms with Gasteiger partial charge in [0.15, 0.2) is 11.6 Å². The summed E-state index contributed by atoms with van der Waals surface area (Å²) in [6.07, 6.45) is 3.05. The molecule has 0 aliphatic rings. The van der Waals surface area contributed by atoms with Gasteiger partial charge in [0.25, 0.3) is 0 Å². The van der Waals surface area contributed by atoms with Crippen LogP contribution in [0.15, 0.2) is 91.2 Å². The normalized spacial score (nSPS) is 11.9. The smallest absolute Gasteiger partial charge is 0.427 e. The molecule has 0 saturated heterocycles. The molecule has 258 valence electrons. The van der Waals surface area contributed by atoms with Crippen LogP contribution in [0.2, 0.25) is 0 Å². The SMILES string of the molecule is C=C/C(=C\C=C(/CF)c1ccc(OC(F)(F)F)c(F)c1)OC(=O)CCCCCCCCC(=O)Oc1ccc(-c2ccc(C#N)cc2)c(F)c1. The summed E-state index contributed by atoms with van der Waals surface area (Å²) in [6.45, 7) is 2.46. The maximum absolute atomic E-state index is 14.6. The van der Waals surface area contributed by atoms with E-state index in [2.05, 4.69) is 11.3 Å². The molecule has 0 amide bonds. The molecule has 3 rings (SSSR count). The van der Waals surface area contributed by atoms with E-state index in [0.29, 0.717) is 35.6 Å². The summed E-state index contributed by atoms with van der Waals surface area (Å²) in [6, 6.07) is 15.1. The van der Waals surface area contributed by atoms with Crippen molar-refractivity contribution in [2.45, 2.75) is 57.7 Å². The van der Waals surface area contributed by atoms with Crippen molar-refractivity contribution in [3.05, 3.63) is 114 Å². The molecule has 0 aromatic heterocycles. The van der Waals surface area contributed by atoms with E-state index >= 15 is 0 Å². The Morgan fingerprint density at radius 2 is 1.47 bits per heavy atom. The molecular formula is C37H33F6NO5. The first-order chi connectivity index (χ1) is 23.4. The van der Waals surface area contributed by atoms with Crippen LogP contribution in [0, 0.1) is 23.0 Å². The molecule has 49 heavy (non-hydrogen) atoms. The number of allylic oxidation sites excluding steroid dienone is 4. The maximum atomic E-state index is 14.6. The number of halogens is 6. The molecule has 0 unspecified atom stereocenters. The van der Waals surface area contributed by atoms with Gasteiger partial charge in [-0.25, -0.2) is 13.2 Å². The first-order valence-corrected chi connectivity index (χ1v) is 15.3. The lowest BCUT2D eigenvalue weighted by Gasteiger charge is -2.11. The number of carbonyl (C=O) groups is 2. The molecule has 0 fully saturated rings. The second kappa shape index (κ2) is 18.9. The summed E-state index contributed by atoms with van der Waals surface area (Å²) in [7, 11) is 0. The molecule has 0 spiro atoms. The van der Waals surface area contributed by atoms with Crippen molar-refractivity contribution in [3.8, 4) is 28.7 Å². The Bertz CT molecular complexity index is 1710. The lowest BCUT2D eigenvalue weighted by atomic mass is 10.0. The predicted octanol–water partition coefficient (Wildman–Crippen LogP) is 10.1. The van der Waals surface area contributed by atoms with Crippen LogP contribution >= 0.6 is 0 Å². The predicted molar refractivity (Wildman–Crippen MR) is 171 cm³/mol. The number of ether oxygens (including phenoxy) is 3. The van der Waals surface area contributed by atoms with E-state index in [1.165, 1.54) is 30.4 Å². The highest BCUT2D eigenvalue weighted by Crippen LogP contribution is 2.29. The summed E-state index contributed by atoms with van der Waals surface area (Å²) in [5, 5.41) is 8.90. The summed E-state index contributed by atoms with van der Waals surface area (Å²) >= 11 is 0. The molecule has 0 aliphatic carbocycles. The van der Waals surface area contributed by atoms with Crippen LogP contribution in [-0.2, 0) is 14.3 Å². The molecule has 0 atom stereocenters. The van der Waals surface area contributed by atoms with Crippen LogP contribution in [-0.4, -0.2) is 25.0 Å². The second-order valence-electron chi connectivity index (χ2n) is 10.7. The molecule has 3 aromatic rings. The van der Waals surface area contributed by atoms with E-state index in [1.54, 1.807) is 24.3 Å². The fraction of sp³-hybridized carbons (Fsp3) is 0.270. The van der Waals surface area contributed by atoms with Crippen LogP contribution in [0.4, 0.5) is 26.3 Å². The van der Waals surface area contributed by atoms with Crippen molar-refractivity contribution in [2.75, 3.05) is 6.67 Å². The van der Waals surface area contributed by atoms with Crippen molar-refractivity contribution in [3.63, 3.8) is 0 Å². The van der Waals surface area contributed by atoms with Crippen LogP contribution in [0.25, 0.3) is 16.7 Å². The Hall–Kier alpha value is -5.31. The number of unbranched alkanes of at least 4 members (excludes halogenated alkanes) is 5. The third-order valence-corrected chi connectivity index (χ3v) is 7.06. The van der Waals surface area contributed by atoms with E-state index < -0.39 is 42.4 Å². The molecule has 0 N–H and O–H groups in total. The number of nitrogens with zero attached hydrogens (tertiary/aromatic N) is 1. The van der Waals surface area contributed by atoms with Crippen LogP contribution in [0.3, 0.4) is 0 Å². The highest BCUT2D eigenvalue weighted by Gasteiger charge is 2.32. The first-order valence-electron chi connectivity index (χ1n) is 15.3. The van der Waals surface area contributed by atoms with Gasteiger partial charge in [-0.3, -0.25) is 9.59 Å². The van der Waals surface area contributed by atoms with Gasteiger partial charge in [0.05, 0.1) is 11.6 Å². The first kappa shape index (κ1) is 38.1. The molecule has 3 aromatic carbocycles. The summed E-state index contributed by atoms with van der Waals surface area (Å²) in [4.78, 5) is 24.4. The number of esters is 2. The minimum Gasteiger partial charge on any atom is -0.427 e. The van der Waals surface area contributed by atoms with Crippen molar-refractivity contribution in [1.29, 1.82) is 5.26 Å². The van der Waals surface area contributed by atoms with E-state index in [0.717, 1.165) is 43.9 Å². The van der Waals surface area contributed by atoms with Gasteiger partial charge in [0.2, 0.25) is 0 Å². The fourth-order valence-electron chi connectivity index (χ4n) is 4.58. The van der Waals surface area contributed by atoms with Gasteiger partial charge in [-0.15, -0.1) is 13.2 Å². The number of benzene rings is 3. The molecule has 12 heteroatoms. The number of hydrogen-bond acceptors (Lipinski definition) is 6. The van der Waals surface area contributed by atoms with Gasteiger partial charge >= 0.3 is 18.3 Å². The molecular weight excluding hydrogens is 652 g/mol.